The molecule has 1 aromatic heterocycles. The van der Waals surface area contributed by atoms with Crippen LogP contribution in [0.1, 0.15) is 59.0 Å². The lowest BCUT2D eigenvalue weighted by molar-refractivity contribution is -0.139. The highest BCUT2D eigenvalue weighted by Gasteiger charge is 2.38. The lowest BCUT2D eigenvalue weighted by atomic mass is 9.89. The predicted molar refractivity (Wildman–Crippen MR) is 140 cm³/mol. The number of nitrogens with one attached hydrogen (secondary N) is 1. The highest BCUT2D eigenvalue weighted by Crippen LogP contribution is 2.38. The van der Waals surface area contributed by atoms with Gasteiger partial charge < -0.3 is 21.1 Å². The number of halogens is 6. The van der Waals surface area contributed by atoms with Gasteiger partial charge in [-0.2, -0.15) is 26.3 Å². The number of piperidine rings is 1. The number of nitrogens with zero attached hydrogens (tertiary/aromatic N) is 3. The second-order valence-corrected chi connectivity index (χ2v) is 10.1. The number of anilines is 2. The Labute approximate surface area is 236 Å². The standard InChI is InChI=1S/C28H27F6N5O3/c29-27(30,31)20-3-1-2-16(13-20)12-19(14-23(35)40)24-22(28(32,33)34)15-36-25(38-24)37-21-6-4-17(5-7-21)18-8-10-39(11-9-18)26(41)42/h1-7,13,15,18-19H,8-12,14H2,(H2,35,40)(H,41,42)(H,36,37,38). The van der Waals surface area contributed by atoms with Crippen molar-refractivity contribution in [2.75, 3.05) is 18.4 Å². The number of carboxylic acid groups (broad SMARTS) is 1. The Kier molecular flexibility index (Phi) is 8.92. The Balaban J connectivity index is 1.59. The summed E-state index contributed by atoms with van der Waals surface area (Å²) in [5.41, 5.74) is 4.02. The quantitative estimate of drug-likeness (QED) is 0.262. The molecule has 14 heteroatoms. The first-order valence-electron chi connectivity index (χ1n) is 12.9. The first-order chi connectivity index (χ1) is 19.7. The zero-order valence-electron chi connectivity index (χ0n) is 22.0. The number of nitrogens with two attached hydrogens (primary N) is 1. The summed E-state index contributed by atoms with van der Waals surface area (Å²) in [5, 5.41) is 12.0. The number of aromatic nitrogens is 2. The van der Waals surface area contributed by atoms with Crippen molar-refractivity contribution in [2.45, 2.75) is 49.9 Å². The van der Waals surface area contributed by atoms with Gasteiger partial charge in [0, 0.05) is 37.3 Å². The highest BCUT2D eigenvalue weighted by atomic mass is 19.4. The molecule has 42 heavy (non-hydrogen) atoms. The van der Waals surface area contributed by atoms with E-state index in [1.54, 1.807) is 12.1 Å². The molecule has 3 aromatic rings. The minimum atomic E-state index is -4.91. The lowest BCUT2D eigenvalue weighted by Crippen LogP contribution is -2.36. The van der Waals surface area contributed by atoms with Gasteiger partial charge in [-0.25, -0.2) is 14.8 Å². The van der Waals surface area contributed by atoms with Gasteiger partial charge in [0.2, 0.25) is 11.9 Å². The minimum absolute atomic E-state index is 0.0575. The molecule has 1 atom stereocenters. The van der Waals surface area contributed by atoms with Gasteiger partial charge in [0.1, 0.15) is 0 Å². The van der Waals surface area contributed by atoms with Crippen molar-refractivity contribution < 1.29 is 41.0 Å². The van der Waals surface area contributed by atoms with Gasteiger partial charge in [-0.05, 0) is 54.5 Å². The number of hydrogen-bond donors (Lipinski definition) is 3. The molecule has 224 valence electrons. The largest absolute Gasteiger partial charge is 0.465 e. The van der Waals surface area contributed by atoms with Crippen molar-refractivity contribution >= 4 is 23.6 Å². The third-order valence-corrected chi connectivity index (χ3v) is 7.10. The van der Waals surface area contributed by atoms with Gasteiger partial charge >= 0.3 is 18.4 Å². The smallest absolute Gasteiger partial charge is 0.419 e. The van der Waals surface area contributed by atoms with E-state index in [1.165, 1.54) is 11.0 Å². The third-order valence-electron chi connectivity index (χ3n) is 7.10. The van der Waals surface area contributed by atoms with Gasteiger partial charge in [-0.15, -0.1) is 0 Å². The number of primary amides is 1. The zero-order valence-corrected chi connectivity index (χ0v) is 22.0. The Morgan fingerprint density at radius 1 is 1.02 bits per heavy atom. The van der Waals surface area contributed by atoms with Crippen LogP contribution in [0, 0.1) is 0 Å². The number of rotatable bonds is 8. The zero-order chi connectivity index (χ0) is 30.7. The fourth-order valence-electron chi connectivity index (χ4n) is 5.02. The summed E-state index contributed by atoms with van der Waals surface area (Å²) in [6.07, 6.45) is -9.62. The third kappa shape index (κ3) is 7.68. The fraction of sp³-hybridized carbons (Fsp3) is 0.357. The molecule has 1 saturated heterocycles. The number of amides is 2. The predicted octanol–water partition coefficient (Wildman–Crippen LogP) is 6.32. The molecule has 4 N–H and O–H groups in total. The van der Waals surface area contributed by atoms with Crippen LogP contribution in [0.15, 0.2) is 54.7 Å². The van der Waals surface area contributed by atoms with Crippen LogP contribution in [-0.4, -0.2) is 45.1 Å². The summed E-state index contributed by atoms with van der Waals surface area (Å²) in [5.74, 6) is -2.30. The second kappa shape index (κ2) is 12.2. The summed E-state index contributed by atoms with van der Waals surface area (Å²) in [7, 11) is 0. The summed E-state index contributed by atoms with van der Waals surface area (Å²) < 4.78 is 81.5. The van der Waals surface area contributed by atoms with Crippen LogP contribution in [0.3, 0.4) is 0 Å². The van der Waals surface area contributed by atoms with Gasteiger partial charge in [0.25, 0.3) is 0 Å². The van der Waals surface area contributed by atoms with E-state index < -0.39 is 53.5 Å². The molecule has 1 unspecified atom stereocenters. The van der Waals surface area contributed by atoms with Gasteiger partial charge in [-0.3, -0.25) is 4.79 Å². The van der Waals surface area contributed by atoms with E-state index in [0.29, 0.717) is 37.8 Å². The number of carbonyl (C=O) groups excluding carboxylic acids is 1. The van der Waals surface area contributed by atoms with Crippen LogP contribution >= 0.6 is 0 Å². The van der Waals surface area contributed by atoms with E-state index in [1.807, 2.05) is 12.1 Å². The summed E-state index contributed by atoms with van der Waals surface area (Å²) in [6, 6.07) is 11.1. The van der Waals surface area contributed by atoms with E-state index in [0.717, 1.165) is 23.8 Å². The molecule has 8 nitrogen and oxygen atoms in total. The number of likely N-dealkylation sites (tertiary alicyclic amines) is 1. The average Bonchev–Trinajstić information content (AvgIpc) is 2.92. The summed E-state index contributed by atoms with van der Waals surface area (Å²) in [4.78, 5) is 32.1. The molecule has 0 radical (unpaired) electrons. The van der Waals surface area contributed by atoms with Crippen LogP contribution in [0.5, 0.6) is 0 Å². The summed E-state index contributed by atoms with van der Waals surface area (Å²) in [6.45, 7) is 0.824. The molecule has 0 bridgehead atoms. The van der Waals surface area contributed by atoms with Gasteiger partial charge in [0.05, 0.1) is 16.8 Å². The number of carbonyl (C=O) groups is 2. The van der Waals surface area contributed by atoms with Crippen molar-refractivity contribution in [3.63, 3.8) is 0 Å². The van der Waals surface area contributed by atoms with Crippen molar-refractivity contribution in [2.24, 2.45) is 5.73 Å². The van der Waals surface area contributed by atoms with Crippen LogP contribution in [-0.2, 0) is 23.6 Å². The van der Waals surface area contributed by atoms with Crippen molar-refractivity contribution in [1.29, 1.82) is 0 Å². The second-order valence-electron chi connectivity index (χ2n) is 10.1. The number of alkyl halides is 6. The van der Waals surface area contributed by atoms with Crippen molar-refractivity contribution in [3.05, 3.63) is 82.7 Å². The molecule has 0 saturated carbocycles. The molecular weight excluding hydrogens is 568 g/mol. The number of hydrogen-bond acceptors (Lipinski definition) is 5. The van der Waals surface area contributed by atoms with Crippen LogP contribution < -0.4 is 11.1 Å². The molecule has 0 aliphatic carbocycles. The first-order valence-corrected chi connectivity index (χ1v) is 12.9. The van der Waals surface area contributed by atoms with E-state index in [9.17, 15) is 35.9 Å². The monoisotopic (exact) mass is 595 g/mol. The Hall–Kier alpha value is -4.36. The molecule has 1 fully saturated rings. The molecule has 1 aliphatic rings. The van der Waals surface area contributed by atoms with Crippen molar-refractivity contribution in [1.82, 2.24) is 14.9 Å². The van der Waals surface area contributed by atoms with Gasteiger partial charge in [0.15, 0.2) is 0 Å². The van der Waals surface area contributed by atoms with E-state index in [2.05, 4.69) is 15.3 Å². The molecule has 1 aliphatic heterocycles. The van der Waals surface area contributed by atoms with Crippen LogP contribution in [0.4, 0.5) is 42.8 Å². The molecular formula is C28H27F6N5O3. The molecule has 2 amide bonds. The van der Waals surface area contributed by atoms with E-state index in [-0.39, 0.29) is 23.9 Å². The normalized spacial score (nSPS) is 15.3. The summed E-state index contributed by atoms with van der Waals surface area (Å²) >= 11 is 0. The lowest BCUT2D eigenvalue weighted by Gasteiger charge is -2.30. The van der Waals surface area contributed by atoms with Crippen molar-refractivity contribution in [3.8, 4) is 0 Å². The molecule has 0 spiro atoms. The molecule has 2 heterocycles. The minimum Gasteiger partial charge on any atom is -0.465 e. The highest BCUT2D eigenvalue weighted by molar-refractivity contribution is 5.75. The topological polar surface area (TPSA) is 121 Å². The Bertz CT molecular complexity index is 1420. The maximum atomic E-state index is 14.0. The van der Waals surface area contributed by atoms with E-state index >= 15 is 0 Å². The van der Waals surface area contributed by atoms with Gasteiger partial charge in [-0.1, -0.05) is 30.3 Å². The van der Waals surface area contributed by atoms with Crippen LogP contribution in [0.2, 0.25) is 0 Å². The maximum absolute atomic E-state index is 14.0. The molecule has 2 aromatic carbocycles. The SMILES string of the molecule is NC(=O)CC(Cc1cccc(C(F)(F)F)c1)c1nc(Nc2ccc(C3CCN(C(=O)O)CC3)cc2)ncc1C(F)(F)F. The van der Waals surface area contributed by atoms with Crippen LogP contribution in [0.25, 0.3) is 0 Å². The Morgan fingerprint density at radius 3 is 2.26 bits per heavy atom. The van der Waals surface area contributed by atoms with E-state index in [4.69, 9.17) is 10.8 Å². The Morgan fingerprint density at radius 2 is 1.69 bits per heavy atom. The first kappa shape index (κ1) is 30.6. The maximum Gasteiger partial charge on any atom is 0.419 e. The molecule has 4 rings (SSSR count). The number of benzene rings is 2. The fourth-order valence-corrected chi connectivity index (χ4v) is 5.02. The average molecular weight is 596 g/mol.